The number of halogens is 2. The van der Waals surface area contributed by atoms with Crippen LogP contribution in [0.5, 0.6) is 0 Å². The van der Waals surface area contributed by atoms with Crippen molar-refractivity contribution in [1.82, 2.24) is 0 Å². The van der Waals surface area contributed by atoms with Crippen LogP contribution in [0.2, 0.25) is 10.0 Å². The van der Waals surface area contributed by atoms with Crippen molar-refractivity contribution in [2.45, 2.75) is 33.1 Å². The van der Waals surface area contributed by atoms with Gasteiger partial charge in [0.15, 0.2) is 0 Å². The molecular weight excluding hydrogens is 329 g/mol. The van der Waals surface area contributed by atoms with Crippen molar-refractivity contribution in [3.8, 4) is 0 Å². The Balaban J connectivity index is 2.06. The minimum atomic E-state index is -0.249. The summed E-state index contributed by atoms with van der Waals surface area (Å²) in [6.45, 7) is 6.28. The maximum absolute atomic E-state index is 12.4. The van der Waals surface area contributed by atoms with Crippen molar-refractivity contribution in [3.05, 3.63) is 63.6 Å². The summed E-state index contributed by atoms with van der Waals surface area (Å²) in [6, 6.07) is 13.2. The van der Waals surface area contributed by atoms with Crippen molar-refractivity contribution in [1.29, 1.82) is 0 Å². The summed E-state index contributed by atoms with van der Waals surface area (Å²) in [4.78, 5) is 12.4. The van der Waals surface area contributed by atoms with E-state index in [4.69, 9.17) is 23.2 Å². The Labute approximate surface area is 147 Å². The zero-order valence-electron chi connectivity index (χ0n) is 13.6. The Morgan fingerprint density at radius 1 is 1.00 bits per heavy atom. The molecule has 122 valence electrons. The molecule has 0 saturated carbocycles. The van der Waals surface area contributed by atoms with Gasteiger partial charge in [-0.25, -0.2) is 0 Å². The van der Waals surface area contributed by atoms with Crippen LogP contribution in [-0.4, -0.2) is 5.91 Å². The lowest BCUT2D eigenvalue weighted by Crippen LogP contribution is -2.18. The van der Waals surface area contributed by atoms with E-state index in [2.05, 4.69) is 31.3 Å². The van der Waals surface area contributed by atoms with Gasteiger partial charge < -0.3 is 5.32 Å². The summed E-state index contributed by atoms with van der Waals surface area (Å²) in [5.74, 6) is 0.287. The monoisotopic (exact) mass is 349 g/mol. The third-order valence-electron chi connectivity index (χ3n) is 3.65. The topological polar surface area (TPSA) is 29.1 Å². The molecule has 0 unspecified atom stereocenters. The molecule has 1 amide bonds. The van der Waals surface area contributed by atoms with Gasteiger partial charge in [-0.3, -0.25) is 4.79 Å². The highest BCUT2D eigenvalue weighted by Gasteiger charge is 2.16. The van der Waals surface area contributed by atoms with Gasteiger partial charge in [0.05, 0.1) is 5.92 Å². The molecule has 2 rings (SSSR count). The van der Waals surface area contributed by atoms with E-state index in [1.807, 2.05) is 19.1 Å². The van der Waals surface area contributed by atoms with Gasteiger partial charge in [0.1, 0.15) is 0 Å². The molecule has 1 atom stereocenters. The van der Waals surface area contributed by atoms with Crippen LogP contribution < -0.4 is 5.32 Å². The summed E-state index contributed by atoms with van der Waals surface area (Å²) in [7, 11) is 0. The summed E-state index contributed by atoms with van der Waals surface area (Å²) in [6.07, 6.45) is 1.04. The molecule has 0 spiro atoms. The van der Waals surface area contributed by atoms with Gasteiger partial charge in [0.25, 0.3) is 0 Å². The Morgan fingerprint density at radius 3 is 2.09 bits per heavy atom. The molecule has 1 N–H and O–H groups in total. The molecule has 2 aromatic rings. The summed E-state index contributed by atoms with van der Waals surface area (Å²) >= 11 is 11.9. The average molecular weight is 350 g/mol. The number of anilines is 1. The normalized spacial score (nSPS) is 12.3. The molecule has 0 aromatic heterocycles. The molecule has 0 fully saturated rings. The van der Waals surface area contributed by atoms with E-state index in [-0.39, 0.29) is 11.8 Å². The second-order valence-corrected chi connectivity index (χ2v) is 7.08. The highest BCUT2D eigenvalue weighted by atomic mass is 35.5. The fourth-order valence-electron chi connectivity index (χ4n) is 2.44. The molecule has 0 bridgehead atoms. The Morgan fingerprint density at radius 2 is 1.57 bits per heavy atom. The number of carbonyl (C=O) groups excluding carboxylic acids is 1. The molecule has 0 aliphatic carbocycles. The molecule has 23 heavy (non-hydrogen) atoms. The zero-order chi connectivity index (χ0) is 17.0. The summed E-state index contributed by atoms with van der Waals surface area (Å²) < 4.78 is 0. The SMILES string of the molecule is CC(C)Cc1ccc([C@H](C)C(=O)Nc2cc(Cl)cc(Cl)c2)cc1. The molecule has 0 aliphatic heterocycles. The van der Waals surface area contributed by atoms with E-state index in [1.165, 1.54) is 5.56 Å². The molecule has 0 saturated heterocycles. The van der Waals surface area contributed by atoms with Gasteiger partial charge in [-0.1, -0.05) is 61.3 Å². The number of rotatable bonds is 5. The highest BCUT2D eigenvalue weighted by molar-refractivity contribution is 6.35. The van der Waals surface area contributed by atoms with Gasteiger partial charge in [-0.05, 0) is 48.6 Å². The molecule has 0 aliphatic rings. The number of amides is 1. The molecule has 0 heterocycles. The van der Waals surface area contributed by atoms with E-state index >= 15 is 0 Å². The lowest BCUT2D eigenvalue weighted by Gasteiger charge is -2.14. The lowest BCUT2D eigenvalue weighted by molar-refractivity contribution is -0.117. The minimum absolute atomic E-state index is 0.0834. The van der Waals surface area contributed by atoms with Crippen molar-refractivity contribution in [2.24, 2.45) is 5.92 Å². The van der Waals surface area contributed by atoms with E-state index < -0.39 is 0 Å². The molecule has 2 aromatic carbocycles. The van der Waals surface area contributed by atoms with Crippen LogP contribution in [0, 0.1) is 5.92 Å². The molecular formula is C19H21Cl2NO. The number of carbonyl (C=O) groups is 1. The van der Waals surface area contributed by atoms with Crippen LogP contribution in [0.1, 0.15) is 37.8 Å². The highest BCUT2D eigenvalue weighted by Crippen LogP contribution is 2.24. The van der Waals surface area contributed by atoms with E-state index in [0.717, 1.165) is 12.0 Å². The van der Waals surface area contributed by atoms with Gasteiger partial charge in [-0.15, -0.1) is 0 Å². The second kappa shape index (κ2) is 7.85. The summed E-state index contributed by atoms with van der Waals surface area (Å²) in [5.41, 5.74) is 2.89. The van der Waals surface area contributed by atoms with Crippen LogP contribution in [0.3, 0.4) is 0 Å². The molecule has 0 radical (unpaired) electrons. The third-order valence-corrected chi connectivity index (χ3v) is 4.08. The van der Waals surface area contributed by atoms with Crippen LogP contribution in [0.25, 0.3) is 0 Å². The van der Waals surface area contributed by atoms with Crippen LogP contribution >= 0.6 is 23.2 Å². The first kappa shape index (κ1) is 17.8. The first-order valence-electron chi connectivity index (χ1n) is 7.71. The predicted molar refractivity (Wildman–Crippen MR) is 98.5 cm³/mol. The van der Waals surface area contributed by atoms with Crippen molar-refractivity contribution in [3.63, 3.8) is 0 Å². The predicted octanol–water partition coefficient (Wildman–Crippen LogP) is 5.93. The molecule has 2 nitrogen and oxygen atoms in total. The van der Waals surface area contributed by atoms with Crippen LogP contribution in [-0.2, 0) is 11.2 Å². The maximum atomic E-state index is 12.4. The van der Waals surface area contributed by atoms with E-state index in [0.29, 0.717) is 21.7 Å². The number of hydrogen-bond acceptors (Lipinski definition) is 1. The van der Waals surface area contributed by atoms with Gasteiger partial charge >= 0.3 is 0 Å². The Kier molecular flexibility index (Phi) is 6.09. The van der Waals surface area contributed by atoms with Crippen LogP contribution in [0.15, 0.2) is 42.5 Å². The quantitative estimate of drug-likeness (QED) is 0.711. The zero-order valence-corrected chi connectivity index (χ0v) is 15.1. The largest absolute Gasteiger partial charge is 0.325 e. The van der Waals surface area contributed by atoms with Gasteiger partial charge in [0.2, 0.25) is 5.91 Å². The lowest BCUT2D eigenvalue weighted by atomic mass is 9.96. The first-order valence-corrected chi connectivity index (χ1v) is 8.46. The van der Waals surface area contributed by atoms with E-state index in [1.54, 1.807) is 18.2 Å². The van der Waals surface area contributed by atoms with Gasteiger partial charge in [0, 0.05) is 15.7 Å². The standard InChI is InChI=1S/C19H21Cl2NO/c1-12(2)8-14-4-6-15(7-5-14)13(3)19(23)22-18-10-16(20)9-17(21)11-18/h4-7,9-13H,8H2,1-3H3,(H,22,23)/t13-/m0/s1. The van der Waals surface area contributed by atoms with E-state index in [9.17, 15) is 4.79 Å². The summed E-state index contributed by atoms with van der Waals surface area (Å²) in [5, 5.41) is 3.86. The number of nitrogens with one attached hydrogen (secondary N) is 1. The minimum Gasteiger partial charge on any atom is -0.325 e. The number of hydrogen-bond donors (Lipinski definition) is 1. The van der Waals surface area contributed by atoms with Gasteiger partial charge in [-0.2, -0.15) is 0 Å². The molecule has 4 heteroatoms. The number of benzene rings is 2. The Hall–Kier alpha value is -1.51. The second-order valence-electron chi connectivity index (χ2n) is 6.21. The van der Waals surface area contributed by atoms with Crippen molar-refractivity contribution < 1.29 is 4.79 Å². The van der Waals surface area contributed by atoms with Crippen molar-refractivity contribution in [2.75, 3.05) is 5.32 Å². The smallest absolute Gasteiger partial charge is 0.231 e. The first-order chi connectivity index (χ1) is 10.8. The Bertz CT molecular complexity index is 660. The fourth-order valence-corrected chi connectivity index (χ4v) is 2.97. The average Bonchev–Trinajstić information content (AvgIpc) is 2.45. The fraction of sp³-hybridized carbons (Fsp3) is 0.316. The third kappa shape index (κ3) is 5.26. The van der Waals surface area contributed by atoms with Crippen LogP contribution in [0.4, 0.5) is 5.69 Å². The van der Waals surface area contributed by atoms with Crippen molar-refractivity contribution >= 4 is 34.8 Å². The maximum Gasteiger partial charge on any atom is 0.231 e.